The molecular weight excluding hydrogens is 596 g/mol. The summed E-state index contributed by atoms with van der Waals surface area (Å²) in [6, 6.07) is 11.4. The first kappa shape index (κ1) is 32.9. The molecule has 0 unspecified atom stereocenters. The van der Waals surface area contributed by atoms with Crippen LogP contribution in [0.5, 0.6) is 11.5 Å². The van der Waals surface area contributed by atoms with Crippen molar-refractivity contribution in [2.45, 2.75) is 77.8 Å². The van der Waals surface area contributed by atoms with Crippen molar-refractivity contribution < 1.29 is 66.7 Å². The predicted octanol–water partition coefficient (Wildman–Crippen LogP) is 2.53. The zero-order chi connectivity index (χ0) is 32.8. The van der Waals surface area contributed by atoms with Gasteiger partial charge in [-0.2, -0.15) is 0 Å². The van der Waals surface area contributed by atoms with Gasteiger partial charge in [-0.1, -0.05) is 24.3 Å². The second kappa shape index (κ2) is 14.2. The number of hydrogen-bond donors (Lipinski definition) is 0. The largest absolute Gasteiger partial charge is 0.463 e. The molecule has 6 atom stereocenters. The zero-order valence-electron chi connectivity index (χ0n) is 25.1. The fourth-order valence-electron chi connectivity index (χ4n) is 5.02. The van der Waals surface area contributed by atoms with E-state index in [1.807, 2.05) is 0 Å². The van der Waals surface area contributed by atoms with Gasteiger partial charge in [0.25, 0.3) is 0 Å². The second-order valence-electron chi connectivity index (χ2n) is 10.2. The summed E-state index contributed by atoms with van der Waals surface area (Å²) in [7, 11) is 0. The first-order valence-corrected chi connectivity index (χ1v) is 13.9. The van der Waals surface area contributed by atoms with Crippen LogP contribution in [-0.4, -0.2) is 73.1 Å². The third-order valence-corrected chi connectivity index (χ3v) is 6.68. The maximum atomic E-state index is 13.3. The molecule has 2 aromatic rings. The van der Waals surface area contributed by atoms with Crippen molar-refractivity contribution in [3.63, 3.8) is 0 Å². The summed E-state index contributed by atoms with van der Waals surface area (Å²) in [5.74, 6) is -3.88. The average molecular weight is 629 g/mol. The van der Waals surface area contributed by atoms with E-state index < -0.39 is 79.2 Å². The summed E-state index contributed by atoms with van der Waals surface area (Å²) < 4.78 is 44.2. The van der Waals surface area contributed by atoms with Gasteiger partial charge in [0.1, 0.15) is 35.9 Å². The molecule has 1 saturated heterocycles. The van der Waals surface area contributed by atoms with Gasteiger partial charge in [-0.3, -0.25) is 24.0 Å². The second-order valence-corrected chi connectivity index (χ2v) is 10.2. The Bertz CT molecular complexity index is 1470. The minimum atomic E-state index is -1.53. The first-order valence-electron chi connectivity index (χ1n) is 13.9. The van der Waals surface area contributed by atoms with Gasteiger partial charge < -0.3 is 37.9 Å². The molecule has 0 radical (unpaired) electrons. The van der Waals surface area contributed by atoms with Crippen LogP contribution in [0.1, 0.15) is 62.2 Å². The van der Waals surface area contributed by atoms with E-state index in [0.717, 1.165) is 27.7 Å². The zero-order valence-corrected chi connectivity index (χ0v) is 25.1. The van der Waals surface area contributed by atoms with Gasteiger partial charge in [0.2, 0.25) is 12.4 Å². The van der Waals surface area contributed by atoms with Gasteiger partial charge in [-0.05, 0) is 29.3 Å². The summed E-state index contributed by atoms with van der Waals surface area (Å²) in [6.07, 6.45) is -7.44. The third-order valence-electron chi connectivity index (χ3n) is 6.68. The molecule has 45 heavy (non-hydrogen) atoms. The van der Waals surface area contributed by atoms with Crippen molar-refractivity contribution in [1.29, 1.82) is 0 Å². The Kier molecular flexibility index (Phi) is 10.4. The molecule has 2 aliphatic rings. The number of cyclic esters (lactones) is 1. The van der Waals surface area contributed by atoms with Gasteiger partial charge >= 0.3 is 35.8 Å². The highest BCUT2D eigenvalue weighted by Gasteiger charge is 2.53. The lowest BCUT2D eigenvalue weighted by molar-refractivity contribution is -0.288. The first-order chi connectivity index (χ1) is 21.3. The van der Waals surface area contributed by atoms with Gasteiger partial charge in [0.15, 0.2) is 12.2 Å². The van der Waals surface area contributed by atoms with Crippen molar-refractivity contribution in [2.75, 3.05) is 6.61 Å². The Morgan fingerprint density at radius 1 is 0.756 bits per heavy atom. The minimum Gasteiger partial charge on any atom is -0.463 e. The Morgan fingerprint density at radius 2 is 1.38 bits per heavy atom. The summed E-state index contributed by atoms with van der Waals surface area (Å²) in [4.78, 5) is 72.4. The topological polar surface area (TPSA) is 176 Å². The summed E-state index contributed by atoms with van der Waals surface area (Å²) >= 11 is 0. The molecule has 0 bridgehead atoms. The quantitative estimate of drug-likeness (QED) is 0.225. The molecule has 240 valence electrons. The number of rotatable bonds is 9. The molecule has 14 nitrogen and oxygen atoms in total. The minimum absolute atomic E-state index is 0.00190. The van der Waals surface area contributed by atoms with Gasteiger partial charge in [0, 0.05) is 41.0 Å². The van der Waals surface area contributed by atoms with E-state index >= 15 is 0 Å². The Morgan fingerprint density at radius 3 is 1.98 bits per heavy atom. The summed E-state index contributed by atoms with van der Waals surface area (Å²) in [5.41, 5.74) is 1.32. The normalized spacial score (nSPS) is 23.8. The highest BCUT2D eigenvalue weighted by Crippen LogP contribution is 2.38. The Balaban J connectivity index is 1.66. The van der Waals surface area contributed by atoms with Crippen LogP contribution in [0, 0.1) is 0 Å². The van der Waals surface area contributed by atoms with Gasteiger partial charge in [-0.15, -0.1) is 0 Å². The molecule has 0 aliphatic carbocycles. The van der Waals surface area contributed by atoms with Crippen LogP contribution in [-0.2, 0) is 58.8 Å². The number of benzene rings is 2. The van der Waals surface area contributed by atoms with Gasteiger partial charge in [-0.25, -0.2) is 4.79 Å². The van der Waals surface area contributed by atoms with E-state index in [-0.39, 0.29) is 17.7 Å². The molecule has 14 heteroatoms. The lowest BCUT2D eigenvalue weighted by Crippen LogP contribution is -2.63. The standard InChI is InChI=1S/C31H32O14/c1-15(32)38-14-25-27(40-17(3)34)28(41-18(4)35)29(42-19(5)36)31(45-25)44-23-8-6-7-21-13-24(43-30(37)26(21)23)20-9-11-22(12-10-20)39-16(2)33/h6-12,24-25,27-29,31H,13-14H2,1-5H3/t24-,25+,27+,28-,29+,31+/m0/s1. The monoisotopic (exact) mass is 628 g/mol. The number of ether oxygens (including phenoxy) is 8. The molecule has 2 heterocycles. The molecule has 0 amide bonds. The molecule has 2 aromatic carbocycles. The van der Waals surface area contributed by atoms with Crippen molar-refractivity contribution in [3.05, 3.63) is 59.2 Å². The molecule has 2 aliphatic heterocycles. The van der Waals surface area contributed by atoms with Crippen LogP contribution in [0.15, 0.2) is 42.5 Å². The lowest BCUT2D eigenvalue weighted by Gasteiger charge is -2.44. The average Bonchev–Trinajstić information content (AvgIpc) is 2.94. The van der Waals surface area contributed by atoms with E-state index in [1.165, 1.54) is 13.0 Å². The summed E-state index contributed by atoms with van der Waals surface area (Å²) in [5, 5.41) is 0. The molecule has 0 aromatic heterocycles. The maximum absolute atomic E-state index is 13.3. The Labute approximate surface area is 257 Å². The molecule has 0 saturated carbocycles. The van der Waals surface area contributed by atoms with Crippen molar-refractivity contribution in [3.8, 4) is 11.5 Å². The lowest BCUT2D eigenvalue weighted by atomic mass is 9.94. The van der Waals surface area contributed by atoms with E-state index in [4.69, 9.17) is 37.9 Å². The maximum Gasteiger partial charge on any atom is 0.342 e. The van der Waals surface area contributed by atoms with Crippen molar-refractivity contribution in [2.24, 2.45) is 0 Å². The third kappa shape index (κ3) is 8.35. The number of carbonyl (C=O) groups excluding carboxylic acids is 6. The number of fused-ring (bicyclic) bond motifs is 1. The van der Waals surface area contributed by atoms with Crippen LogP contribution in [0.25, 0.3) is 0 Å². The molecular formula is C31H32O14. The fraction of sp³-hybridized carbons (Fsp3) is 0.419. The molecule has 0 spiro atoms. The van der Waals surface area contributed by atoms with Crippen LogP contribution < -0.4 is 9.47 Å². The summed E-state index contributed by atoms with van der Waals surface area (Å²) in [6.45, 7) is 5.33. The molecule has 1 fully saturated rings. The van der Waals surface area contributed by atoms with Crippen LogP contribution >= 0.6 is 0 Å². The SMILES string of the molecule is CC(=O)OC[C@H]1O[C@@H](Oc2cccc3c2C(=O)O[C@H](c2ccc(OC(C)=O)cc2)C3)[C@H](OC(C)=O)[C@@H](OC(C)=O)[C@@H]1OC(C)=O. The molecule has 0 N–H and O–H groups in total. The highest BCUT2D eigenvalue weighted by molar-refractivity contribution is 5.95. The number of carbonyl (C=O) groups is 6. The van der Waals surface area contributed by atoms with E-state index in [1.54, 1.807) is 36.4 Å². The van der Waals surface area contributed by atoms with Crippen LogP contribution in [0.4, 0.5) is 0 Å². The number of hydrogen-bond acceptors (Lipinski definition) is 14. The smallest absolute Gasteiger partial charge is 0.342 e. The highest BCUT2D eigenvalue weighted by atomic mass is 16.7. The van der Waals surface area contributed by atoms with Gasteiger partial charge in [0.05, 0.1) is 0 Å². The predicted molar refractivity (Wildman–Crippen MR) is 149 cm³/mol. The van der Waals surface area contributed by atoms with Crippen molar-refractivity contribution in [1.82, 2.24) is 0 Å². The van der Waals surface area contributed by atoms with Crippen LogP contribution in [0.2, 0.25) is 0 Å². The number of esters is 6. The fourth-order valence-corrected chi connectivity index (χ4v) is 5.02. The van der Waals surface area contributed by atoms with E-state index in [2.05, 4.69) is 0 Å². The van der Waals surface area contributed by atoms with Crippen molar-refractivity contribution >= 4 is 35.8 Å². The van der Waals surface area contributed by atoms with E-state index in [9.17, 15) is 28.8 Å². The molecule has 4 rings (SSSR count). The Hall–Kier alpha value is -4.98. The van der Waals surface area contributed by atoms with Crippen LogP contribution in [0.3, 0.4) is 0 Å². The van der Waals surface area contributed by atoms with E-state index in [0.29, 0.717) is 16.9 Å².